The summed E-state index contributed by atoms with van der Waals surface area (Å²) in [6, 6.07) is 14.0. The minimum atomic E-state index is -3.57. The van der Waals surface area contributed by atoms with Crippen LogP contribution < -0.4 is 14.4 Å². The molecule has 8 nitrogen and oxygen atoms in total. The molecule has 198 valence electrons. The van der Waals surface area contributed by atoms with E-state index in [2.05, 4.69) is 12.2 Å². The number of aryl methyl sites for hydroxylation is 1. The van der Waals surface area contributed by atoms with Gasteiger partial charge in [0.05, 0.1) is 19.1 Å². The molecule has 0 aliphatic rings. The molecule has 0 bridgehead atoms. The third-order valence-electron chi connectivity index (χ3n) is 5.93. The molecule has 0 saturated carbocycles. The summed E-state index contributed by atoms with van der Waals surface area (Å²) < 4.78 is 31.4. The zero-order chi connectivity index (χ0) is 26.7. The summed E-state index contributed by atoms with van der Waals surface area (Å²) in [5.74, 6) is 0.150. The molecule has 0 saturated heterocycles. The van der Waals surface area contributed by atoms with E-state index in [1.54, 1.807) is 36.1 Å². The van der Waals surface area contributed by atoms with Gasteiger partial charge in [0.25, 0.3) is 0 Å². The van der Waals surface area contributed by atoms with E-state index in [4.69, 9.17) is 4.74 Å². The molecular weight excluding hydrogens is 478 g/mol. The molecule has 2 rings (SSSR count). The van der Waals surface area contributed by atoms with Crippen LogP contribution in [-0.4, -0.2) is 57.6 Å². The molecule has 1 N–H and O–H groups in total. The summed E-state index contributed by atoms with van der Waals surface area (Å²) in [7, 11) is -2.05. The molecule has 0 aliphatic heterocycles. The maximum Gasteiger partial charge on any atom is 0.242 e. The summed E-state index contributed by atoms with van der Waals surface area (Å²) in [5, 5.41) is 2.91. The van der Waals surface area contributed by atoms with Crippen molar-refractivity contribution in [3.8, 4) is 5.75 Å². The van der Waals surface area contributed by atoms with Crippen molar-refractivity contribution < 1.29 is 22.7 Å². The molecule has 0 heterocycles. The quantitative estimate of drug-likeness (QED) is 0.384. The van der Waals surface area contributed by atoms with Crippen LogP contribution in [0, 0.1) is 6.92 Å². The molecule has 9 heteroatoms. The first-order valence-corrected chi connectivity index (χ1v) is 14.2. The van der Waals surface area contributed by atoms with Gasteiger partial charge in [0, 0.05) is 32.1 Å². The summed E-state index contributed by atoms with van der Waals surface area (Å²) in [6.07, 6.45) is 3.38. The zero-order valence-electron chi connectivity index (χ0n) is 22.0. The number of benzene rings is 2. The zero-order valence-corrected chi connectivity index (χ0v) is 22.8. The number of amides is 2. The van der Waals surface area contributed by atoms with Crippen molar-refractivity contribution in [3.05, 3.63) is 59.7 Å². The SMILES string of the molecule is CCCCNC(=O)[C@H](C)N(Cc1cccc(C)c1)C(=O)CCCN(c1cccc(OC)c1)S(C)(=O)=O. The first-order valence-electron chi connectivity index (χ1n) is 12.3. The number of methoxy groups -OCH3 is 1. The van der Waals surface area contributed by atoms with Crippen LogP contribution in [0.5, 0.6) is 5.75 Å². The lowest BCUT2D eigenvalue weighted by atomic mass is 10.1. The molecule has 2 aromatic carbocycles. The van der Waals surface area contributed by atoms with E-state index in [9.17, 15) is 18.0 Å². The monoisotopic (exact) mass is 517 g/mol. The molecule has 0 aromatic heterocycles. The fourth-order valence-electron chi connectivity index (χ4n) is 3.90. The van der Waals surface area contributed by atoms with Crippen molar-refractivity contribution in [2.75, 3.05) is 30.8 Å². The Balaban J connectivity index is 2.16. The van der Waals surface area contributed by atoms with Gasteiger partial charge in [-0.05, 0) is 44.4 Å². The molecule has 2 aromatic rings. The number of hydrogen-bond donors (Lipinski definition) is 1. The number of nitrogens with one attached hydrogen (secondary N) is 1. The molecule has 36 heavy (non-hydrogen) atoms. The van der Waals surface area contributed by atoms with E-state index in [1.807, 2.05) is 31.2 Å². The maximum absolute atomic E-state index is 13.3. The van der Waals surface area contributed by atoms with Crippen molar-refractivity contribution in [1.29, 1.82) is 0 Å². The van der Waals surface area contributed by atoms with E-state index in [0.717, 1.165) is 30.2 Å². The largest absolute Gasteiger partial charge is 0.497 e. The van der Waals surface area contributed by atoms with E-state index < -0.39 is 16.1 Å². The highest BCUT2D eigenvalue weighted by Crippen LogP contribution is 2.24. The summed E-state index contributed by atoms with van der Waals surface area (Å²) in [4.78, 5) is 27.7. The third kappa shape index (κ3) is 8.86. The van der Waals surface area contributed by atoms with Gasteiger partial charge >= 0.3 is 0 Å². The Morgan fingerprint density at radius 3 is 2.44 bits per heavy atom. The molecule has 0 aliphatic carbocycles. The number of carbonyl (C=O) groups is 2. The lowest BCUT2D eigenvalue weighted by Crippen LogP contribution is -2.48. The second-order valence-electron chi connectivity index (χ2n) is 8.97. The van der Waals surface area contributed by atoms with Crippen LogP contribution in [0.3, 0.4) is 0 Å². The minimum absolute atomic E-state index is 0.106. The van der Waals surface area contributed by atoms with E-state index in [1.165, 1.54) is 11.4 Å². The van der Waals surface area contributed by atoms with Gasteiger partial charge in [-0.2, -0.15) is 0 Å². The van der Waals surface area contributed by atoms with Crippen molar-refractivity contribution in [1.82, 2.24) is 10.2 Å². The maximum atomic E-state index is 13.3. The van der Waals surface area contributed by atoms with Crippen LogP contribution >= 0.6 is 0 Å². The molecule has 0 unspecified atom stereocenters. The summed E-state index contributed by atoms with van der Waals surface area (Å²) in [5.41, 5.74) is 2.48. The van der Waals surface area contributed by atoms with Crippen molar-refractivity contribution in [2.45, 2.75) is 59.0 Å². The standard InChI is InChI=1S/C27H39N3O5S/c1-6-7-16-28-27(32)22(3)29(20-23-12-8-11-21(2)18-23)26(31)15-10-17-30(36(5,33)34)24-13-9-14-25(19-24)35-4/h8-9,11-14,18-19,22H,6-7,10,15-17,20H2,1-5H3,(H,28,32)/t22-/m0/s1. The number of hydrogen-bond acceptors (Lipinski definition) is 5. The number of ether oxygens (including phenoxy) is 1. The Labute approximate surface area is 215 Å². The van der Waals surface area contributed by atoms with Gasteiger partial charge in [-0.25, -0.2) is 8.42 Å². The molecule has 2 amide bonds. The number of unbranched alkanes of at least 4 members (excludes halogenated alkanes) is 1. The van der Waals surface area contributed by atoms with Crippen LogP contribution in [0.2, 0.25) is 0 Å². The van der Waals surface area contributed by atoms with Crippen LogP contribution in [-0.2, 0) is 26.2 Å². The Hall–Kier alpha value is -3.07. The topological polar surface area (TPSA) is 96.0 Å². The number of nitrogens with zero attached hydrogens (tertiary/aromatic N) is 2. The Morgan fingerprint density at radius 2 is 1.81 bits per heavy atom. The molecule has 0 radical (unpaired) electrons. The van der Waals surface area contributed by atoms with Gasteiger partial charge in [-0.15, -0.1) is 0 Å². The van der Waals surface area contributed by atoms with Gasteiger partial charge in [0.15, 0.2) is 0 Å². The minimum Gasteiger partial charge on any atom is -0.497 e. The average Bonchev–Trinajstić information content (AvgIpc) is 2.84. The first kappa shape index (κ1) is 29.2. The average molecular weight is 518 g/mol. The van der Waals surface area contributed by atoms with Crippen LogP contribution in [0.4, 0.5) is 5.69 Å². The molecular formula is C27H39N3O5S. The Morgan fingerprint density at radius 1 is 1.08 bits per heavy atom. The Kier molecular flexibility index (Phi) is 11.2. The van der Waals surface area contributed by atoms with E-state index in [-0.39, 0.29) is 24.8 Å². The van der Waals surface area contributed by atoms with Crippen LogP contribution in [0.25, 0.3) is 0 Å². The number of anilines is 1. The number of sulfonamides is 1. The molecule has 0 fully saturated rings. The summed E-state index contributed by atoms with van der Waals surface area (Å²) in [6.45, 7) is 6.76. The number of carbonyl (C=O) groups excluding carboxylic acids is 2. The van der Waals surface area contributed by atoms with Gasteiger partial charge in [0.2, 0.25) is 21.8 Å². The predicted octanol–water partition coefficient (Wildman–Crippen LogP) is 3.88. The van der Waals surface area contributed by atoms with E-state index >= 15 is 0 Å². The highest BCUT2D eigenvalue weighted by molar-refractivity contribution is 7.92. The van der Waals surface area contributed by atoms with Crippen molar-refractivity contribution >= 4 is 27.5 Å². The van der Waals surface area contributed by atoms with E-state index in [0.29, 0.717) is 30.9 Å². The fraction of sp³-hybridized carbons (Fsp3) is 0.481. The molecule has 1 atom stereocenters. The van der Waals surface area contributed by atoms with Gasteiger partial charge in [-0.1, -0.05) is 49.2 Å². The first-order chi connectivity index (χ1) is 17.1. The molecule has 0 spiro atoms. The fourth-order valence-corrected chi connectivity index (χ4v) is 4.85. The highest BCUT2D eigenvalue weighted by atomic mass is 32.2. The van der Waals surface area contributed by atoms with Gasteiger partial charge in [-0.3, -0.25) is 13.9 Å². The predicted molar refractivity (Wildman–Crippen MR) is 144 cm³/mol. The highest BCUT2D eigenvalue weighted by Gasteiger charge is 2.26. The van der Waals surface area contributed by atoms with Gasteiger partial charge in [0.1, 0.15) is 11.8 Å². The smallest absolute Gasteiger partial charge is 0.242 e. The van der Waals surface area contributed by atoms with Crippen molar-refractivity contribution in [3.63, 3.8) is 0 Å². The van der Waals surface area contributed by atoms with Crippen LogP contribution in [0.1, 0.15) is 50.7 Å². The number of rotatable bonds is 14. The second-order valence-corrected chi connectivity index (χ2v) is 10.9. The van der Waals surface area contributed by atoms with Crippen LogP contribution in [0.15, 0.2) is 48.5 Å². The Bertz CT molecular complexity index is 1120. The van der Waals surface area contributed by atoms with Gasteiger partial charge < -0.3 is 15.0 Å². The second kappa shape index (κ2) is 13.9. The summed E-state index contributed by atoms with van der Waals surface area (Å²) >= 11 is 0. The van der Waals surface area contributed by atoms with Crippen molar-refractivity contribution in [2.24, 2.45) is 0 Å². The normalized spacial score (nSPS) is 12.0. The lowest BCUT2D eigenvalue weighted by molar-refractivity contribution is -0.140. The lowest BCUT2D eigenvalue weighted by Gasteiger charge is -2.29. The third-order valence-corrected chi connectivity index (χ3v) is 7.12.